The highest BCUT2D eigenvalue weighted by Gasteiger charge is 2.19. The van der Waals surface area contributed by atoms with Crippen LogP contribution in [0.4, 0.5) is 0 Å². The summed E-state index contributed by atoms with van der Waals surface area (Å²) in [6.45, 7) is -0.254. The van der Waals surface area contributed by atoms with Gasteiger partial charge in [-0.25, -0.2) is 9.78 Å². The van der Waals surface area contributed by atoms with Crippen molar-refractivity contribution < 1.29 is 24.2 Å². The normalized spacial score (nSPS) is 10.0. The van der Waals surface area contributed by atoms with Gasteiger partial charge in [-0.05, 0) is 11.6 Å². The van der Waals surface area contributed by atoms with Crippen LogP contribution in [0.2, 0.25) is 0 Å². The maximum absolute atomic E-state index is 12.0. The molecular formula is C16H15N3O5. The monoisotopic (exact) mass is 329 g/mol. The standard InChI is InChI=1S/C16H15N3O5/c17-7-13(20)19-15(21)14-12(6-11(8-18-14)16(22)23)24-9-10-4-2-1-3-5-10/h1-6,8H,7,9,17H2,(H,22,23)(H,19,20,21). The van der Waals surface area contributed by atoms with Gasteiger partial charge in [-0.15, -0.1) is 0 Å². The molecule has 124 valence electrons. The van der Waals surface area contributed by atoms with Crippen LogP contribution in [0, 0.1) is 0 Å². The van der Waals surface area contributed by atoms with E-state index in [1.807, 2.05) is 35.6 Å². The van der Waals surface area contributed by atoms with E-state index in [0.29, 0.717) is 0 Å². The van der Waals surface area contributed by atoms with Crippen molar-refractivity contribution in [2.45, 2.75) is 6.61 Å². The van der Waals surface area contributed by atoms with E-state index in [1.165, 1.54) is 6.07 Å². The summed E-state index contributed by atoms with van der Waals surface area (Å²) >= 11 is 0. The molecule has 2 amide bonds. The molecule has 0 saturated carbocycles. The van der Waals surface area contributed by atoms with Crippen molar-refractivity contribution in [2.75, 3.05) is 6.54 Å². The van der Waals surface area contributed by atoms with Crippen LogP contribution in [0.3, 0.4) is 0 Å². The summed E-state index contributed by atoms with van der Waals surface area (Å²) in [6.07, 6.45) is 1.01. The highest BCUT2D eigenvalue weighted by atomic mass is 16.5. The van der Waals surface area contributed by atoms with Gasteiger partial charge in [0, 0.05) is 6.20 Å². The Kier molecular flexibility index (Phi) is 5.58. The predicted octanol–water partition coefficient (Wildman–Crippen LogP) is 0.574. The van der Waals surface area contributed by atoms with Crippen LogP contribution >= 0.6 is 0 Å². The molecule has 0 atom stereocenters. The number of ether oxygens (including phenoxy) is 1. The SMILES string of the molecule is NCC(=O)NC(=O)c1ncc(C(=O)O)cc1OCc1ccccc1. The molecule has 1 heterocycles. The Labute approximate surface area is 137 Å². The Bertz CT molecular complexity index is 762. The van der Waals surface area contributed by atoms with Crippen molar-refractivity contribution in [2.24, 2.45) is 5.73 Å². The van der Waals surface area contributed by atoms with E-state index in [2.05, 4.69) is 4.98 Å². The molecule has 1 aromatic heterocycles. The van der Waals surface area contributed by atoms with Gasteiger partial charge in [-0.1, -0.05) is 30.3 Å². The summed E-state index contributed by atoms with van der Waals surface area (Å²) in [5.74, 6) is -2.75. The molecule has 0 bridgehead atoms. The minimum absolute atomic E-state index is 0.0407. The molecule has 0 fully saturated rings. The van der Waals surface area contributed by atoms with Gasteiger partial charge in [0.15, 0.2) is 11.4 Å². The quantitative estimate of drug-likeness (QED) is 0.706. The number of carboxylic acid groups (broad SMARTS) is 1. The van der Waals surface area contributed by atoms with Crippen LogP contribution in [-0.4, -0.2) is 34.4 Å². The van der Waals surface area contributed by atoms with E-state index in [9.17, 15) is 14.4 Å². The lowest BCUT2D eigenvalue weighted by atomic mass is 10.2. The summed E-state index contributed by atoms with van der Waals surface area (Å²) in [4.78, 5) is 38.1. The predicted molar refractivity (Wildman–Crippen MR) is 83.5 cm³/mol. The number of amides is 2. The highest BCUT2D eigenvalue weighted by molar-refractivity contribution is 6.05. The van der Waals surface area contributed by atoms with E-state index in [4.69, 9.17) is 15.6 Å². The zero-order valence-electron chi connectivity index (χ0n) is 12.6. The molecule has 24 heavy (non-hydrogen) atoms. The van der Waals surface area contributed by atoms with Crippen molar-refractivity contribution in [1.82, 2.24) is 10.3 Å². The van der Waals surface area contributed by atoms with Gasteiger partial charge in [0.25, 0.3) is 5.91 Å². The van der Waals surface area contributed by atoms with Crippen molar-refractivity contribution in [3.8, 4) is 5.75 Å². The maximum atomic E-state index is 12.0. The fourth-order valence-corrected chi connectivity index (χ4v) is 1.81. The van der Waals surface area contributed by atoms with E-state index >= 15 is 0 Å². The first-order valence-corrected chi connectivity index (χ1v) is 6.95. The van der Waals surface area contributed by atoms with Crippen molar-refractivity contribution in [3.05, 3.63) is 59.4 Å². The van der Waals surface area contributed by atoms with E-state index in [-0.39, 0.29) is 30.2 Å². The number of rotatable bonds is 6. The first-order valence-electron chi connectivity index (χ1n) is 6.95. The summed E-state index contributed by atoms with van der Waals surface area (Å²) < 4.78 is 5.52. The number of hydrogen-bond donors (Lipinski definition) is 3. The lowest BCUT2D eigenvalue weighted by Crippen LogP contribution is -2.36. The third kappa shape index (κ3) is 4.37. The second-order valence-electron chi connectivity index (χ2n) is 4.73. The average molecular weight is 329 g/mol. The van der Waals surface area contributed by atoms with Crippen LogP contribution in [0.5, 0.6) is 5.75 Å². The van der Waals surface area contributed by atoms with Gasteiger partial charge < -0.3 is 15.6 Å². The van der Waals surface area contributed by atoms with Gasteiger partial charge in [0.1, 0.15) is 6.61 Å². The number of nitrogens with two attached hydrogens (primary N) is 1. The number of benzene rings is 1. The fourth-order valence-electron chi connectivity index (χ4n) is 1.81. The molecule has 0 aliphatic heterocycles. The van der Waals surface area contributed by atoms with E-state index < -0.39 is 17.8 Å². The molecule has 0 aliphatic carbocycles. The van der Waals surface area contributed by atoms with Gasteiger partial charge >= 0.3 is 5.97 Å². The lowest BCUT2D eigenvalue weighted by Gasteiger charge is -2.11. The number of nitrogens with zero attached hydrogens (tertiary/aromatic N) is 1. The molecule has 0 unspecified atom stereocenters. The number of hydrogen-bond acceptors (Lipinski definition) is 6. The summed E-state index contributed by atoms with van der Waals surface area (Å²) in [5, 5.41) is 11.1. The largest absolute Gasteiger partial charge is 0.486 e. The Hall–Kier alpha value is -3.26. The molecule has 2 aromatic rings. The minimum atomic E-state index is -1.21. The number of carbonyl (C=O) groups is 3. The topological polar surface area (TPSA) is 132 Å². The van der Waals surface area contributed by atoms with Crippen LogP contribution < -0.4 is 15.8 Å². The van der Waals surface area contributed by atoms with Crippen LogP contribution in [-0.2, 0) is 11.4 Å². The molecule has 0 spiro atoms. The Morgan fingerprint density at radius 1 is 1.21 bits per heavy atom. The van der Waals surface area contributed by atoms with Crippen LogP contribution in [0.25, 0.3) is 0 Å². The Morgan fingerprint density at radius 2 is 1.92 bits per heavy atom. The highest BCUT2D eigenvalue weighted by Crippen LogP contribution is 2.20. The zero-order chi connectivity index (χ0) is 17.5. The van der Waals surface area contributed by atoms with Gasteiger partial charge in [0.2, 0.25) is 5.91 Å². The molecule has 8 heteroatoms. The van der Waals surface area contributed by atoms with Gasteiger partial charge in [-0.3, -0.25) is 14.9 Å². The maximum Gasteiger partial charge on any atom is 0.337 e. The Balaban J connectivity index is 2.27. The molecule has 4 N–H and O–H groups in total. The van der Waals surface area contributed by atoms with Gasteiger partial charge in [-0.2, -0.15) is 0 Å². The first kappa shape index (κ1) is 17.1. The van der Waals surface area contributed by atoms with Crippen molar-refractivity contribution in [1.29, 1.82) is 0 Å². The fraction of sp³-hybridized carbons (Fsp3) is 0.125. The summed E-state index contributed by atoms with van der Waals surface area (Å²) in [6, 6.07) is 10.3. The van der Waals surface area contributed by atoms with Gasteiger partial charge in [0.05, 0.1) is 12.1 Å². The summed E-state index contributed by atoms with van der Waals surface area (Å²) in [5.41, 5.74) is 5.63. The van der Waals surface area contributed by atoms with Crippen LogP contribution in [0.15, 0.2) is 42.6 Å². The molecule has 0 radical (unpaired) electrons. The smallest absolute Gasteiger partial charge is 0.337 e. The molecular weight excluding hydrogens is 314 g/mol. The average Bonchev–Trinajstić information content (AvgIpc) is 2.60. The van der Waals surface area contributed by atoms with E-state index in [1.54, 1.807) is 0 Å². The Morgan fingerprint density at radius 3 is 2.54 bits per heavy atom. The number of carboxylic acids is 1. The number of pyridine rings is 1. The third-order valence-electron chi connectivity index (χ3n) is 2.99. The third-order valence-corrected chi connectivity index (χ3v) is 2.99. The molecule has 1 aromatic carbocycles. The van der Waals surface area contributed by atoms with Crippen molar-refractivity contribution >= 4 is 17.8 Å². The molecule has 0 saturated heterocycles. The molecule has 2 rings (SSSR count). The second kappa shape index (κ2) is 7.84. The number of aromatic nitrogens is 1. The molecule has 8 nitrogen and oxygen atoms in total. The van der Waals surface area contributed by atoms with E-state index in [0.717, 1.165) is 11.8 Å². The number of carbonyl (C=O) groups excluding carboxylic acids is 2. The van der Waals surface area contributed by atoms with Crippen molar-refractivity contribution in [3.63, 3.8) is 0 Å². The minimum Gasteiger partial charge on any atom is -0.486 e. The van der Waals surface area contributed by atoms with Crippen LogP contribution in [0.1, 0.15) is 26.4 Å². The number of imide groups is 1. The second-order valence-corrected chi connectivity index (χ2v) is 4.73. The number of aromatic carboxylic acids is 1. The number of nitrogens with one attached hydrogen (secondary N) is 1. The summed E-state index contributed by atoms with van der Waals surface area (Å²) in [7, 11) is 0. The first-order chi connectivity index (χ1) is 11.5. The zero-order valence-corrected chi connectivity index (χ0v) is 12.6. The molecule has 0 aliphatic rings. The lowest BCUT2D eigenvalue weighted by molar-refractivity contribution is -0.118.